The predicted molar refractivity (Wildman–Crippen MR) is 73.8 cm³/mol. The number of nitrogens with one attached hydrogen (secondary N) is 1. The van der Waals surface area contributed by atoms with Crippen molar-refractivity contribution in [2.45, 2.75) is 17.9 Å². The molecule has 19 heavy (non-hydrogen) atoms. The Hall–Kier alpha value is -1.88. The summed E-state index contributed by atoms with van der Waals surface area (Å²) >= 11 is 3.96. The van der Waals surface area contributed by atoms with Crippen LogP contribution in [0.25, 0.3) is 0 Å². The van der Waals surface area contributed by atoms with E-state index in [1.54, 1.807) is 12.4 Å². The third-order valence-electron chi connectivity index (χ3n) is 2.74. The SMILES string of the molecule is CC(NC(=O)c1ccc(F)c(S)c1)c1cccnc1. The molecule has 2 aromatic rings. The third kappa shape index (κ3) is 3.32. The van der Waals surface area contributed by atoms with Gasteiger partial charge in [-0.05, 0) is 36.8 Å². The molecule has 1 aromatic heterocycles. The number of pyridine rings is 1. The van der Waals surface area contributed by atoms with E-state index >= 15 is 0 Å². The Balaban J connectivity index is 2.11. The fourth-order valence-electron chi connectivity index (χ4n) is 1.65. The first-order valence-electron chi connectivity index (χ1n) is 5.77. The molecule has 0 saturated carbocycles. The monoisotopic (exact) mass is 276 g/mol. The van der Waals surface area contributed by atoms with Gasteiger partial charge in [-0.3, -0.25) is 9.78 Å². The summed E-state index contributed by atoms with van der Waals surface area (Å²) in [5.41, 5.74) is 1.28. The summed E-state index contributed by atoms with van der Waals surface area (Å²) in [4.78, 5) is 16.2. The van der Waals surface area contributed by atoms with E-state index in [9.17, 15) is 9.18 Å². The molecular formula is C14H13FN2OS. The van der Waals surface area contributed by atoms with Crippen LogP contribution < -0.4 is 5.32 Å². The van der Waals surface area contributed by atoms with Gasteiger partial charge < -0.3 is 5.32 Å². The van der Waals surface area contributed by atoms with E-state index in [2.05, 4.69) is 22.9 Å². The summed E-state index contributed by atoms with van der Waals surface area (Å²) in [7, 11) is 0. The fourth-order valence-corrected chi connectivity index (χ4v) is 1.86. The number of carbonyl (C=O) groups is 1. The van der Waals surface area contributed by atoms with E-state index in [1.807, 2.05) is 19.1 Å². The second-order valence-corrected chi connectivity index (χ2v) is 4.63. The highest BCUT2D eigenvalue weighted by Crippen LogP contribution is 2.16. The summed E-state index contributed by atoms with van der Waals surface area (Å²) in [6.07, 6.45) is 3.37. The molecule has 0 bridgehead atoms. The van der Waals surface area contributed by atoms with E-state index in [0.717, 1.165) is 5.56 Å². The lowest BCUT2D eigenvalue weighted by Crippen LogP contribution is -2.26. The van der Waals surface area contributed by atoms with E-state index < -0.39 is 5.82 Å². The second kappa shape index (κ2) is 5.84. The number of benzene rings is 1. The van der Waals surface area contributed by atoms with E-state index in [1.165, 1.54) is 18.2 Å². The fraction of sp³-hybridized carbons (Fsp3) is 0.143. The molecule has 1 N–H and O–H groups in total. The molecule has 0 saturated heterocycles. The lowest BCUT2D eigenvalue weighted by atomic mass is 10.1. The van der Waals surface area contributed by atoms with Crippen LogP contribution in [-0.4, -0.2) is 10.9 Å². The van der Waals surface area contributed by atoms with Crippen LogP contribution in [0.15, 0.2) is 47.6 Å². The zero-order chi connectivity index (χ0) is 13.8. The van der Waals surface area contributed by atoms with Crippen LogP contribution in [0.5, 0.6) is 0 Å². The number of aromatic nitrogens is 1. The lowest BCUT2D eigenvalue weighted by molar-refractivity contribution is 0.0939. The summed E-state index contributed by atoms with van der Waals surface area (Å²) < 4.78 is 13.1. The molecule has 1 heterocycles. The first-order chi connectivity index (χ1) is 9.08. The average molecular weight is 276 g/mol. The molecule has 1 amide bonds. The maximum atomic E-state index is 13.1. The van der Waals surface area contributed by atoms with Crippen LogP contribution in [-0.2, 0) is 0 Å². The molecule has 0 aliphatic heterocycles. The maximum Gasteiger partial charge on any atom is 0.251 e. The molecule has 5 heteroatoms. The minimum Gasteiger partial charge on any atom is -0.345 e. The normalized spacial score (nSPS) is 11.9. The number of carbonyl (C=O) groups excluding carboxylic acids is 1. The van der Waals surface area contributed by atoms with Crippen molar-refractivity contribution in [2.24, 2.45) is 0 Å². The van der Waals surface area contributed by atoms with Gasteiger partial charge in [-0.1, -0.05) is 6.07 Å². The minimum atomic E-state index is -0.444. The highest BCUT2D eigenvalue weighted by molar-refractivity contribution is 7.80. The number of hydrogen-bond donors (Lipinski definition) is 2. The largest absolute Gasteiger partial charge is 0.345 e. The van der Waals surface area contributed by atoms with Crippen LogP contribution in [0.1, 0.15) is 28.9 Å². The van der Waals surface area contributed by atoms with Crippen molar-refractivity contribution in [3.8, 4) is 0 Å². The van der Waals surface area contributed by atoms with Gasteiger partial charge in [0.15, 0.2) is 0 Å². The Labute approximate surface area is 116 Å². The van der Waals surface area contributed by atoms with Gasteiger partial charge >= 0.3 is 0 Å². The number of hydrogen-bond acceptors (Lipinski definition) is 3. The third-order valence-corrected chi connectivity index (χ3v) is 3.08. The van der Waals surface area contributed by atoms with Crippen molar-refractivity contribution in [3.63, 3.8) is 0 Å². The number of halogens is 1. The first-order valence-corrected chi connectivity index (χ1v) is 6.22. The van der Waals surface area contributed by atoms with Gasteiger partial charge in [0.25, 0.3) is 5.91 Å². The van der Waals surface area contributed by atoms with E-state index in [4.69, 9.17) is 0 Å². The van der Waals surface area contributed by atoms with Gasteiger partial charge in [-0.2, -0.15) is 0 Å². The van der Waals surface area contributed by atoms with Crippen LogP contribution in [0.3, 0.4) is 0 Å². The van der Waals surface area contributed by atoms with Gasteiger partial charge in [0.05, 0.1) is 6.04 Å². The van der Waals surface area contributed by atoms with Crippen molar-refractivity contribution in [1.29, 1.82) is 0 Å². The summed E-state index contributed by atoms with van der Waals surface area (Å²) in [5, 5.41) is 2.82. The Kier molecular flexibility index (Phi) is 4.16. The van der Waals surface area contributed by atoms with Crippen LogP contribution in [0.2, 0.25) is 0 Å². The van der Waals surface area contributed by atoms with Crippen molar-refractivity contribution in [3.05, 3.63) is 59.7 Å². The molecule has 0 aliphatic carbocycles. The molecule has 3 nitrogen and oxygen atoms in total. The zero-order valence-corrected chi connectivity index (χ0v) is 11.2. The van der Waals surface area contributed by atoms with Gasteiger partial charge in [-0.15, -0.1) is 12.6 Å². The highest BCUT2D eigenvalue weighted by atomic mass is 32.1. The average Bonchev–Trinajstić information content (AvgIpc) is 2.42. The van der Waals surface area contributed by atoms with Crippen molar-refractivity contribution >= 4 is 18.5 Å². The Morgan fingerprint density at radius 3 is 2.84 bits per heavy atom. The van der Waals surface area contributed by atoms with Gasteiger partial charge in [0.1, 0.15) is 5.82 Å². The van der Waals surface area contributed by atoms with Gasteiger partial charge in [0, 0.05) is 22.9 Å². The molecule has 0 radical (unpaired) electrons. The Bertz CT molecular complexity index is 589. The summed E-state index contributed by atoms with van der Waals surface area (Å²) in [6, 6.07) is 7.58. The Morgan fingerprint density at radius 1 is 1.42 bits per heavy atom. The molecule has 2 rings (SSSR count). The molecule has 1 aromatic carbocycles. The molecule has 98 valence electrons. The van der Waals surface area contributed by atoms with Gasteiger partial charge in [0.2, 0.25) is 0 Å². The van der Waals surface area contributed by atoms with Crippen molar-refractivity contribution < 1.29 is 9.18 Å². The topological polar surface area (TPSA) is 42.0 Å². The first kappa shape index (κ1) is 13.5. The second-order valence-electron chi connectivity index (χ2n) is 4.15. The van der Waals surface area contributed by atoms with E-state index in [-0.39, 0.29) is 16.8 Å². The van der Waals surface area contributed by atoms with E-state index in [0.29, 0.717) is 5.56 Å². The summed E-state index contributed by atoms with van der Waals surface area (Å²) in [6.45, 7) is 1.86. The number of nitrogens with zero attached hydrogens (tertiary/aromatic N) is 1. The number of thiol groups is 1. The summed E-state index contributed by atoms with van der Waals surface area (Å²) in [5.74, 6) is -0.716. The molecule has 0 fully saturated rings. The minimum absolute atomic E-state index is 0.154. The smallest absolute Gasteiger partial charge is 0.251 e. The predicted octanol–water partition coefficient (Wildman–Crippen LogP) is 3.00. The maximum absolute atomic E-state index is 13.1. The highest BCUT2D eigenvalue weighted by Gasteiger charge is 2.12. The lowest BCUT2D eigenvalue weighted by Gasteiger charge is -2.14. The van der Waals surface area contributed by atoms with Crippen molar-refractivity contribution in [2.75, 3.05) is 0 Å². The van der Waals surface area contributed by atoms with Crippen LogP contribution in [0.4, 0.5) is 4.39 Å². The number of amides is 1. The van der Waals surface area contributed by atoms with Crippen molar-refractivity contribution in [1.82, 2.24) is 10.3 Å². The molecule has 1 atom stereocenters. The Morgan fingerprint density at radius 2 is 2.21 bits per heavy atom. The molecule has 0 aliphatic rings. The van der Waals surface area contributed by atoms with Crippen LogP contribution in [0, 0.1) is 5.82 Å². The standard InChI is InChI=1S/C14H13FN2OS/c1-9(11-3-2-6-16-8-11)17-14(18)10-4-5-12(15)13(19)7-10/h2-9,19H,1H3,(H,17,18). The quantitative estimate of drug-likeness (QED) is 0.846. The molecule has 1 unspecified atom stereocenters. The molecular weight excluding hydrogens is 263 g/mol. The van der Waals surface area contributed by atoms with Gasteiger partial charge in [-0.25, -0.2) is 4.39 Å². The number of rotatable bonds is 3. The molecule has 0 spiro atoms. The van der Waals surface area contributed by atoms with Crippen LogP contribution >= 0.6 is 12.6 Å². The zero-order valence-electron chi connectivity index (χ0n) is 10.3.